The number of carbonyl (C=O) groups is 1. The Labute approximate surface area is 146 Å². The molecule has 3 rings (SSSR count). The van der Waals surface area contributed by atoms with E-state index in [1.165, 1.54) is 16.8 Å². The van der Waals surface area contributed by atoms with Crippen molar-refractivity contribution in [2.45, 2.75) is 26.4 Å². The maximum Gasteiger partial charge on any atom is 0.433 e. The van der Waals surface area contributed by atoms with Crippen molar-refractivity contribution in [3.05, 3.63) is 47.5 Å². The van der Waals surface area contributed by atoms with Gasteiger partial charge in [0.15, 0.2) is 0 Å². The van der Waals surface area contributed by atoms with Gasteiger partial charge in [-0.05, 0) is 36.6 Å². The fraction of sp³-hybridized carbons (Fsp3) is 0.294. The van der Waals surface area contributed by atoms with Crippen LogP contribution in [0.2, 0.25) is 0 Å². The molecule has 0 atom stereocenters. The largest absolute Gasteiger partial charge is 0.477 e. The van der Waals surface area contributed by atoms with Crippen molar-refractivity contribution >= 4 is 17.0 Å². The Kier molecular flexibility index (Phi) is 4.39. The quantitative estimate of drug-likeness (QED) is 0.763. The highest BCUT2D eigenvalue weighted by atomic mass is 19.4. The molecule has 0 fully saturated rings. The first-order chi connectivity index (χ1) is 12.2. The summed E-state index contributed by atoms with van der Waals surface area (Å²) in [5.74, 6) is -0.922. The van der Waals surface area contributed by atoms with E-state index in [1.807, 2.05) is 13.8 Å². The molecule has 0 aromatic carbocycles. The van der Waals surface area contributed by atoms with E-state index < -0.39 is 17.8 Å². The molecule has 3 heterocycles. The zero-order valence-corrected chi connectivity index (χ0v) is 13.9. The van der Waals surface area contributed by atoms with Gasteiger partial charge in [-0.25, -0.2) is 19.4 Å². The number of alkyl halides is 3. The molecule has 0 saturated carbocycles. The Balaban J connectivity index is 2.15. The van der Waals surface area contributed by atoms with E-state index in [2.05, 4.69) is 15.1 Å². The summed E-state index contributed by atoms with van der Waals surface area (Å²) in [7, 11) is 0. The SMILES string of the molecule is CC(C)Cc1nn(-c2ccc(C(F)(F)F)nc2)c2ccc(C(=O)O)nc12. The minimum absolute atomic E-state index is 0.118. The predicted octanol–water partition coefficient (Wildman–Crippen LogP) is 3.73. The highest BCUT2D eigenvalue weighted by Gasteiger charge is 2.32. The molecule has 3 aromatic heterocycles. The third kappa shape index (κ3) is 3.37. The van der Waals surface area contributed by atoms with Gasteiger partial charge in [0.2, 0.25) is 0 Å². The number of hydrogen-bond donors (Lipinski definition) is 1. The first-order valence-electron chi connectivity index (χ1n) is 7.82. The van der Waals surface area contributed by atoms with Crippen LogP contribution in [0.15, 0.2) is 30.5 Å². The fourth-order valence-electron chi connectivity index (χ4n) is 2.58. The molecule has 136 valence electrons. The van der Waals surface area contributed by atoms with Crippen molar-refractivity contribution in [2.24, 2.45) is 5.92 Å². The van der Waals surface area contributed by atoms with Gasteiger partial charge in [-0.15, -0.1) is 0 Å². The standard InChI is InChI=1S/C17H15F3N4O2/c1-9(2)7-12-15-13(5-4-11(22-15)16(25)26)24(23-12)10-3-6-14(21-8-10)17(18,19)20/h3-6,8-9H,7H2,1-2H3,(H,25,26). The van der Waals surface area contributed by atoms with E-state index >= 15 is 0 Å². The maximum absolute atomic E-state index is 12.7. The smallest absolute Gasteiger partial charge is 0.433 e. The number of halogens is 3. The van der Waals surface area contributed by atoms with Crippen LogP contribution in [-0.4, -0.2) is 30.8 Å². The molecule has 0 unspecified atom stereocenters. The summed E-state index contributed by atoms with van der Waals surface area (Å²) in [6.07, 6.45) is -2.89. The first kappa shape index (κ1) is 17.8. The minimum Gasteiger partial charge on any atom is -0.477 e. The lowest BCUT2D eigenvalue weighted by molar-refractivity contribution is -0.141. The fourth-order valence-corrected chi connectivity index (χ4v) is 2.58. The normalized spacial score (nSPS) is 12.1. The molecule has 0 aliphatic rings. The number of aromatic carboxylic acids is 1. The summed E-state index contributed by atoms with van der Waals surface area (Å²) in [4.78, 5) is 18.8. The third-order valence-corrected chi connectivity index (χ3v) is 3.70. The van der Waals surface area contributed by atoms with Crippen LogP contribution in [0.1, 0.15) is 35.7 Å². The van der Waals surface area contributed by atoms with Crippen LogP contribution in [0.25, 0.3) is 16.7 Å². The van der Waals surface area contributed by atoms with Crippen molar-refractivity contribution in [1.29, 1.82) is 0 Å². The van der Waals surface area contributed by atoms with E-state index in [0.717, 1.165) is 12.3 Å². The topological polar surface area (TPSA) is 80.9 Å². The number of hydrogen-bond acceptors (Lipinski definition) is 4. The molecular formula is C17H15F3N4O2. The monoisotopic (exact) mass is 364 g/mol. The van der Waals surface area contributed by atoms with Gasteiger partial charge in [0, 0.05) is 0 Å². The summed E-state index contributed by atoms with van der Waals surface area (Å²) < 4.78 is 39.5. The number of aromatic nitrogens is 4. The number of nitrogens with zero attached hydrogens (tertiary/aromatic N) is 4. The molecule has 0 aliphatic carbocycles. The molecule has 26 heavy (non-hydrogen) atoms. The molecule has 0 saturated heterocycles. The van der Waals surface area contributed by atoms with E-state index in [4.69, 9.17) is 5.11 Å². The van der Waals surface area contributed by atoms with Crippen molar-refractivity contribution in [3.63, 3.8) is 0 Å². The molecule has 9 heteroatoms. The molecule has 0 amide bonds. The number of pyridine rings is 2. The second-order valence-electron chi connectivity index (χ2n) is 6.23. The molecular weight excluding hydrogens is 349 g/mol. The Morgan fingerprint density at radius 2 is 1.96 bits per heavy atom. The van der Waals surface area contributed by atoms with Gasteiger partial charge in [-0.1, -0.05) is 13.8 Å². The van der Waals surface area contributed by atoms with E-state index in [9.17, 15) is 18.0 Å². The van der Waals surface area contributed by atoms with E-state index in [1.54, 1.807) is 6.07 Å². The van der Waals surface area contributed by atoms with Gasteiger partial charge in [-0.2, -0.15) is 18.3 Å². The lowest BCUT2D eigenvalue weighted by atomic mass is 10.1. The Morgan fingerprint density at radius 1 is 1.23 bits per heavy atom. The molecule has 0 aliphatic heterocycles. The van der Waals surface area contributed by atoms with Crippen molar-refractivity contribution in [1.82, 2.24) is 19.7 Å². The zero-order valence-electron chi connectivity index (χ0n) is 13.9. The average molecular weight is 364 g/mol. The first-order valence-corrected chi connectivity index (χ1v) is 7.82. The minimum atomic E-state index is -4.52. The molecule has 0 bridgehead atoms. The van der Waals surface area contributed by atoms with Crippen LogP contribution in [0.5, 0.6) is 0 Å². The highest BCUT2D eigenvalue weighted by molar-refractivity contribution is 5.90. The third-order valence-electron chi connectivity index (χ3n) is 3.70. The summed E-state index contributed by atoms with van der Waals surface area (Å²) in [6.45, 7) is 3.96. The van der Waals surface area contributed by atoms with Crippen molar-refractivity contribution < 1.29 is 23.1 Å². The number of carboxylic acid groups (broad SMARTS) is 1. The maximum atomic E-state index is 12.7. The number of rotatable bonds is 4. The molecule has 0 spiro atoms. The highest BCUT2D eigenvalue weighted by Crippen LogP contribution is 2.28. The Morgan fingerprint density at radius 3 is 2.50 bits per heavy atom. The van der Waals surface area contributed by atoms with Crippen LogP contribution >= 0.6 is 0 Å². The van der Waals surface area contributed by atoms with E-state index in [0.29, 0.717) is 28.8 Å². The molecule has 0 radical (unpaired) electrons. The molecule has 3 aromatic rings. The molecule has 1 N–H and O–H groups in total. The predicted molar refractivity (Wildman–Crippen MR) is 87.2 cm³/mol. The lowest BCUT2D eigenvalue weighted by Crippen LogP contribution is -2.08. The van der Waals surface area contributed by atoms with Crippen LogP contribution in [0.4, 0.5) is 13.2 Å². The lowest BCUT2D eigenvalue weighted by Gasteiger charge is -2.07. The number of carboxylic acids is 1. The van der Waals surface area contributed by atoms with Gasteiger partial charge in [0.1, 0.15) is 16.9 Å². The average Bonchev–Trinajstić information content (AvgIpc) is 2.91. The van der Waals surface area contributed by atoms with Crippen LogP contribution < -0.4 is 0 Å². The number of fused-ring (bicyclic) bond motifs is 1. The van der Waals surface area contributed by atoms with Crippen LogP contribution in [0.3, 0.4) is 0 Å². The van der Waals surface area contributed by atoms with Crippen LogP contribution in [0, 0.1) is 5.92 Å². The van der Waals surface area contributed by atoms with Crippen LogP contribution in [-0.2, 0) is 12.6 Å². The van der Waals surface area contributed by atoms with Gasteiger partial charge in [0.25, 0.3) is 0 Å². The molecule has 6 nitrogen and oxygen atoms in total. The zero-order chi connectivity index (χ0) is 19.1. The van der Waals surface area contributed by atoms with Gasteiger partial charge < -0.3 is 5.11 Å². The summed E-state index contributed by atoms with van der Waals surface area (Å²) >= 11 is 0. The summed E-state index contributed by atoms with van der Waals surface area (Å²) in [5.41, 5.74) is 0.727. The van der Waals surface area contributed by atoms with E-state index in [-0.39, 0.29) is 11.6 Å². The Bertz CT molecular complexity index is 963. The Hall–Kier alpha value is -2.97. The van der Waals surface area contributed by atoms with Gasteiger partial charge in [-0.3, -0.25) is 0 Å². The summed E-state index contributed by atoms with van der Waals surface area (Å²) in [5, 5.41) is 13.6. The van der Waals surface area contributed by atoms with Crippen molar-refractivity contribution in [2.75, 3.05) is 0 Å². The van der Waals surface area contributed by atoms with Gasteiger partial charge >= 0.3 is 12.1 Å². The second-order valence-corrected chi connectivity index (χ2v) is 6.23. The second kappa shape index (κ2) is 6.40. The van der Waals surface area contributed by atoms with Gasteiger partial charge in [0.05, 0.1) is 23.1 Å². The van der Waals surface area contributed by atoms with Crippen molar-refractivity contribution in [3.8, 4) is 5.69 Å². The summed E-state index contributed by atoms with van der Waals surface area (Å²) in [6, 6.07) is 5.02.